The van der Waals surface area contributed by atoms with E-state index in [9.17, 15) is 5.11 Å². The Morgan fingerprint density at radius 2 is 2.07 bits per heavy atom. The van der Waals surface area contributed by atoms with Gasteiger partial charge in [-0.3, -0.25) is 0 Å². The third kappa shape index (κ3) is 1.56. The van der Waals surface area contributed by atoms with Crippen molar-refractivity contribution in [2.24, 2.45) is 5.16 Å². The largest absolute Gasteiger partial charge is 0.497 e. The monoisotopic (exact) mass is 193 g/mol. The molecule has 1 aromatic rings. The van der Waals surface area contributed by atoms with Crippen LogP contribution in [0.25, 0.3) is 0 Å². The molecule has 4 heteroatoms. The molecule has 0 radical (unpaired) electrons. The number of ether oxygens (including phenoxy) is 1. The van der Waals surface area contributed by atoms with Crippen LogP contribution in [0.2, 0.25) is 0 Å². The minimum atomic E-state index is -0.872. The summed E-state index contributed by atoms with van der Waals surface area (Å²) in [6.45, 7) is 0. The molecule has 0 saturated heterocycles. The first-order chi connectivity index (χ1) is 6.81. The normalized spacial score (nSPS) is 24.7. The average Bonchev–Trinajstić information content (AvgIpc) is 2.65. The Morgan fingerprint density at radius 1 is 1.36 bits per heavy atom. The summed E-state index contributed by atoms with van der Waals surface area (Å²) in [6.07, 6.45) is 0.718. The van der Waals surface area contributed by atoms with Crippen LogP contribution in [0.15, 0.2) is 29.4 Å². The van der Waals surface area contributed by atoms with E-state index >= 15 is 0 Å². The van der Waals surface area contributed by atoms with Crippen molar-refractivity contribution in [2.75, 3.05) is 7.11 Å². The van der Waals surface area contributed by atoms with E-state index in [0.717, 1.165) is 11.3 Å². The standard InChI is InChI=1S/C10H11NO3/c1-13-8-4-2-7(3-5-8)9-6-11-14-10(9)12/h2-6,9-10,12H,1H3/t9-,10+/m0/s1. The Bertz CT molecular complexity index is 334. The van der Waals surface area contributed by atoms with Crippen molar-refractivity contribution in [3.63, 3.8) is 0 Å². The Kier molecular flexibility index (Phi) is 2.37. The van der Waals surface area contributed by atoms with Crippen molar-refractivity contribution < 1.29 is 14.7 Å². The quantitative estimate of drug-likeness (QED) is 0.765. The molecule has 0 unspecified atom stereocenters. The van der Waals surface area contributed by atoms with Crippen molar-refractivity contribution in [3.8, 4) is 5.75 Å². The van der Waals surface area contributed by atoms with Crippen LogP contribution in [-0.4, -0.2) is 24.7 Å². The number of nitrogens with zero attached hydrogens (tertiary/aromatic N) is 1. The topological polar surface area (TPSA) is 51.0 Å². The van der Waals surface area contributed by atoms with Crippen LogP contribution in [0, 0.1) is 0 Å². The molecule has 1 aliphatic heterocycles. The summed E-state index contributed by atoms with van der Waals surface area (Å²) < 4.78 is 5.03. The lowest BCUT2D eigenvalue weighted by atomic mass is 10.0. The van der Waals surface area contributed by atoms with Gasteiger partial charge in [-0.1, -0.05) is 17.3 Å². The van der Waals surface area contributed by atoms with Crippen molar-refractivity contribution in [1.82, 2.24) is 0 Å². The molecule has 0 aromatic heterocycles. The van der Waals surface area contributed by atoms with Crippen LogP contribution in [0.5, 0.6) is 5.75 Å². The lowest BCUT2D eigenvalue weighted by Crippen LogP contribution is -2.15. The summed E-state index contributed by atoms with van der Waals surface area (Å²) in [4.78, 5) is 4.67. The van der Waals surface area contributed by atoms with Gasteiger partial charge in [-0.2, -0.15) is 0 Å². The lowest BCUT2D eigenvalue weighted by Gasteiger charge is -2.10. The summed E-state index contributed by atoms with van der Waals surface area (Å²) in [5, 5.41) is 12.9. The minimum Gasteiger partial charge on any atom is -0.497 e. The predicted octanol–water partition coefficient (Wildman–Crippen LogP) is 1.11. The van der Waals surface area contributed by atoms with Crippen LogP contribution in [0.4, 0.5) is 0 Å². The van der Waals surface area contributed by atoms with Gasteiger partial charge in [0.25, 0.3) is 0 Å². The van der Waals surface area contributed by atoms with E-state index in [4.69, 9.17) is 4.74 Å². The molecule has 4 nitrogen and oxygen atoms in total. The van der Waals surface area contributed by atoms with Crippen molar-refractivity contribution in [3.05, 3.63) is 29.8 Å². The average molecular weight is 193 g/mol. The molecule has 14 heavy (non-hydrogen) atoms. The molecular weight excluding hydrogens is 182 g/mol. The first-order valence-electron chi connectivity index (χ1n) is 4.32. The molecule has 2 atom stereocenters. The fourth-order valence-electron chi connectivity index (χ4n) is 1.38. The first-order valence-corrected chi connectivity index (χ1v) is 4.32. The number of hydrogen-bond acceptors (Lipinski definition) is 4. The second-order valence-corrected chi connectivity index (χ2v) is 3.05. The maximum Gasteiger partial charge on any atom is 0.236 e. The summed E-state index contributed by atoms with van der Waals surface area (Å²) in [5.41, 5.74) is 0.958. The first kappa shape index (κ1) is 9.02. The van der Waals surface area contributed by atoms with E-state index < -0.39 is 6.29 Å². The molecular formula is C10H11NO3. The number of oxime groups is 1. The Morgan fingerprint density at radius 3 is 2.57 bits per heavy atom. The molecule has 2 rings (SSSR count). The third-order valence-electron chi connectivity index (χ3n) is 2.20. The minimum absolute atomic E-state index is 0.180. The number of methoxy groups -OCH3 is 1. The van der Waals surface area contributed by atoms with Gasteiger partial charge in [0, 0.05) is 0 Å². The van der Waals surface area contributed by atoms with Crippen LogP contribution >= 0.6 is 0 Å². The number of aliphatic hydroxyl groups excluding tert-OH is 1. The highest BCUT2D eigenvalue weighted by Crippen LogP contribution is 2.24. The molecule has 74 valence electrons. The molecule has 0 aliphatic carbocycles. The highest BCUT2D eigenvalue weighted by atomic mass is 16.7. The maximum atomic E-state index is 9.39. The highest BCUT2D eigenvalue weighted by molar-refractivity contribution is 5.69. The third-order valence-corrected chi connectivity index (χ3v) is 2.20. The summed E-state index contributed by atoms with van der Waals surface area (Å²) in [6, 6.07) is 7.45. The summed E-state index contributed by atoms with van der Waals surface area (Å²) in [5.74, 6) is 0.611. The Labute approximate surface area is 81.8 Å². The molecule has 1 heterocycles. The van der Waals surface area contributed by atoms with Gasteiger partial charge in [-0.25, -0.2) is 0 Å². The molecule has 0 saturated carbocycles. The fraction of sp³-hybridized carbons (Fsp3) is 0.300. The Hall–Kier alpha value is -1.55. The van der Waals surface area contributed by atoms with Gasteiger partial charge in [-0.05, 0) is 17.7 Å². The van der Waals surface area contributed by atoms with E-state index in [0.29, 0.717) is 0 Å². The van der Waals surface area contributed by atoms with Crippen LogP contribution < -0.4 is 4.74 Å². The molecule has 0 bridgehead atoms. The molecule has 0 spiro atoms. The molecule has 0 amide bonds. The zero-order chi connectivity index (χ0) is 9.97. The second kappa shape index (κ2) is 3.67. The van der Waals surface area contributed by atoms with Gasteiger partial charge in [-0.15, -0.1) is 0 Å². The van der Waals surface area contributed by atoms with Crippen molar-refractivity contribution in [1.29, 1.82) is 0 Å². The molecule has 0 fully saturated rings. The van der Waals surface area contributed by atoms with E-state index in [1.165, 1.54) is 0 Å². The molecule has 1 aromatic carbocycles. The van der Waals surface area contributed by atoms with Gasteiger partial charge >= 0.3 is 0 Å². The predicted molar refractivity (Wildman–Crippen MR) is 51.3 cm³/mol. The maximum absolute atomic E-state index is 9.39. The number of hydrogen-bond donors (Lipinski definition) is 1. The van der Waals surface area contributed by atoms with E-state index in [-0.39, 0.29) is 5.92 Å². The van der Waals surface area contributed by atoms with Gasteiger partial charge in [0.15, 0.2) is 0 Å². The number of rotatable bonds is 2. The zero-order valence-corrected chi connectivity index (χ0v) is 7.75. The fourth-order valence-corrected chi connectivity index (χ4v) is 1.38. The van der Waals surface area contributed by atoms with E-state index in [1.54, 1.807) is 13.3 Å². The van der Waals surface area contributed by atoms with E-state index in [1.807, 2.05) is 24.3 Å². The van der Waals surface area contributed by atoms with Crippen molar-refractivity contribution in [2.45, 2.75) is 12.2 Å². The van der Waals surface area contributed by atoms with Crippen LogP contribution in [0.3, 0.4) is 0 Å². The lowest BCUT2D eigenvalue weighted by molar-refractivity contribution is -0.0853. The zero-order valence-electron chi connectivity index (χ0n) is 7.75. The number of aliphatic hydroxyl groups is 1. The van der Waals surface area contributed by atoms with Gasteiger partial charge in [0.1, 0.15) is 5.75 Å². The number of benzene rings is 1. The second-order valence-electron chi connectivity index (χ2n) is 3.05. The van der Waals surface area contributed by atoms with Crippen LogP contribution in [0.1, 0.15) is 11.5 Å². The Balaban J connectivity index is 2.20. The van der Waals surface area contributed by atoms with Gasteiger partial charge in [0.05, 0.1) is 19.2 Å². The van der Waals surface area contributed by atoms with Crippen LogP contribution in [-0.2, 0) is 4.84 Å². The van der Waals surface area contributed by atoms with E-state index in [2.05, 4.69) is 9.99 Å². The highest BCUT2D eigenvalue weighted by Gasteiger charge is 2.25. The van der Waals surface area contributed by atoms with Gasteiger partial charge < -0.3 is 14.7 Å². The van der Waals surface area contributed by atoms with Gasteiger partial charge in [0.2, 0.25) is 6.29 Å². The summed E-state index contributed by atoms with van der Waals surface area (Å²) >= 11 is 0. The molecule has 1 N–H and O–H groups in total. The SMILES string of the molecule is COc1ccc([C@@H]2C=NO[C@H]2O)cc1. The molecule has 1 aliphatic rings. The van der Waals surface area contributed by atoms with Crippen molar-refractivity contribution >= 4 is 6.21 Å². The summed E-state index contributed by atoms with van der Waals surface area (Å²) in [7, 11) is 1.62. The smallest absolute Gasteiger partial charge is 0.236 e.